The highest BCUT2D eigenvalue weighted by Gasteiger charge is 2.30. The van der Waals surface area contributed by atoms with Crippen LogP contribution >= 0.6 is 15.9 Å². The summed E-state index contributed by atoms with van der Waals surface area (Å²) in [6.45, 7) is 5.18. The first kappa shape index (κ1) is 24.9. The second kappa shape index (κ2) is 10.3. The Labute approximate surface area is 192 Å². The SMILES string of the molecule is CNC(=O)C(C)N(Cc1ccccc1C)C(=O)CN(c1ccc(Br)c(C)c1)S(C)(=O)=O. The highest BCUT2D eigenvalue weighted by molar-refractivity contribution is 9.10. The Bertz CT molecular complexity index is 1070. The van der Waals surface area contributed by atoms with Crippen LogP contribution in [0.1, 0.15) is 23.6 Å². The molecule has 1 unspecified atom stereocenters. The molecule has 0 fully saturated rings. The smallest absolute Gasteiger partial charge is 0.244 e. The van der Waals surface area contributed by atoms with Crippen LogP contribution in [0, 0.1) is 13.8 Å². The van der Waals surface area contributed by atoms with E-state index in [0.29, 0.717) is 5.69 Å². The molecule has 0 bridgehead atoms. The Morgan fingerprint density at radius 3 is 2.29 bits per heavy atom. The molecule has 2 amide bonds. The van der Waals surface area contributed by atoms with Gasteiger partial charge in [-0.25, -0.2) is 8.42 Å². The van der Waals surface area contributed by atoms with E-state index in [1.165, 1.54) is 11.9 Å². The van der Waals surface area contributed by atoms with E-state index in [1.807, 2.05) is 38.1 Å². The van der Waals surface area contributed by atoms with E-state index >= 15 is 0 Å². The molecule has 9 heteroatoms. The third kappa shape index (κ3) is 6.30. The number of hydrogen-bond acceptors (Lipinski definition) is 4. The minimum Gasteiger partial charge on any atom is -0.357 e. The number of rotatable bonds is 8. The van der Waals surface area contributed by atoms with Crippen LogP contribution in [-0.2, 0) is 26.2 Å². The van der Waals surface area contributed by atoms with Crippen LogP contribution in [0.25, 0.3) is 0 Å². The van der Waals surface area contributed by atoms with Gasteiger partial charge in [-0.2, -0.15) is 0 Å². The largest absolute Gasteiger partial charge is 0.357 e. The van der Waals surface area contributed by atoms with E-state index in [4.69, 9.17) is 0 Å². The number of aryl methyl sites for hydroxylation is 2. The second-order valence-corrected chi connectivity index (χ2v) is 10.2. The molecule has 1 atom stereocenters. The van der Waals surface area contributed by atoms with Gasteiger partial charge in [0.15, 0.2) is 0 Å². The second-order valence-electron chi connectivity index (χ2n) is 7.44. The van der Waals surface area contributed by atoms with E-state index in [2.05, 4.69) is 21.2 Å². The predicted octanol–water partition coefficient (Wildman–Crippen LogP) is 3.00. The number of nitrogens with zero attached hydrogens (tertiary/aromatic N) is 2. The van der Waals surface area contributed by atoms with Crippen LogP contribution in [0.15, 0.2) is 46.9 Å². The van der Waals surface area contributed by atoms with Gasteiger partial charge in [-0.05, 0) is 55.7 Å². The fourth-order valence-corrected chi connectivity index (χ4v) is 4.25. The van der Waals surface area contributed by atoms with E-state index in [-0.39, 0.29) is 12.5 Å². The zero-order valence-electron chi connectivity index (χ0n) is 18.3. The number of halogens is 1. The Kier molecular flexibility index (Phi) is 8.25. The lowest BCUT2D eigenvalue weighted by Crippen LogP contribution is -2.50. The number of carbonyl (C=O) groups is 2. The molecule has 1 N–H and O–H groups in total. The van der Waals surface area contributed by atoms with E-state index in [0.717, 1.165) is 31.7 Å². The van der Waals surface area contributed by atoms with Gasteiger partial charge in [-0.15, -0.1) is 0 Å². The average Bonchev–Trinajstić information content (AvgIpc) is 2.71. The molecule has 7 nitrogen and oxygen atoms in total. The standard InChI is InChI=1S/C22H28BrN3O4S/c1-15-8-6-7-9-18(15)13-25(17(3)22(28)24-4)21(27)14-26(31(5,29)30)19-10-11-20(23)16(2)12-19/h6-12,17H,13-14H2,1-5H3,(H,24,28). The molecule has 0 aliphatic heterocycles. The molecule has 0 aromatic heterocycles. The monoisotopic (exact) mass is 509 g/mol. The summed E-state index contributed by atoms with van der Waals surface area (Å²) in [4.78, 5) is 27.1. The molecule has 2 aromatic rings. The first-order valence-electron chi connectivity index (χ1n) is 9.75. The summed E-state index contributed by atoms with van der Waals surface area (Å²) in [7, 11) is -2.24. The zero-order valence-corrected chi connectivity index (χ0v) is 20.7. The topological polar surface area (TPSA) is 86.8 Å². The number of anilines is 1. The Hall–Kier alpha value is -2.39. The maximum Gasteiger partial charge on any atom is 0.244 e. The van der Waals surface area contributed by atoms with Crippen LogP contribution in [0.5, 0.6) is 0 Å². The molecule has 168 valence electrons. The molecule has 0 saturated heterocycles. The molecule has 0 aliphatic carbocycles. The van der Waals surface area contributed by atoms with Crippen LogP contribution in [0.3, 0.4) is 0 Å². The quantitative estimate of drug-likeness (QED) is 0.592. The van der Waals surface area contributed by atoms with Crippen molar-refractivity contribution >= 4 is 43.5 Å². The first-order valence-corrected chi connectivity index (χ1v) is 12.4. The molecule has 0 spiro atoms. The number of nitrogens with one attached hydrogen (secondary N) is 1. The van der Waals surface area contributed by atoms with Crippen LogP contribution in [0.2, 0.25) is 0 Å². The summed E-state index contributed by atoms with van der Waals surface area (Å²) in [5, 5.41) is 2.56. The number of hydrogen-bond donors (Lipinski definition) is 1. The predicted molar refractivity (Wildman–Crippen MR) is 126 cm³/mol. The van der Waals surface area contributed by atoms with Gasteiger partial charge in [-0.3, -0.25) is 13.9 Å². The van der Waals surface area contributed by atoms with Gasteiger partial charge in [0, 0.05) is 18.1 Å². The van der Waals surface area contributed by atoms with Gasteiger partial charge >= 0.3 is 0 Å². The summed E-state index contributed by atoms with van der Waals surface area (Å²) < 4.78 is 26.9. The van der Waals surface area contributed by atoms with Crippen molar-refractivity contribution in [2.75, 3.05) is 24.2 Å². The van der Waals surface area contributed by atoms with Gasteiger partial charge < -0.3 is 10.2 Å². The minimum absolute atomic E-state index is 0.192. The highest BCUT2D eigenvalue weighted by Crippen LogP contribution is 2.25. The fraction of sp³-hybridized carbons (Fsp3) is 0.364. The Balaban J connectivity index is 2.42. The van der Waals surface area contributed by atoms with Crippen molar-refractivity contribution in [1.82, 2.24) is 10.2 Å². The lowest BCUT2D eigenvalue weighted by Gasteiger charge is -2.31. The summed E-state index contributed by atoms with van der Waals surface area (Å²) in [6.07, 6.45) is 1.06. The Morgan fingerprint density at radius 2 is 1.74 bits per heavy atom. The van der Waals surface area contributed by atoms with E-state index in [9.17, 15) is 18.0 Å². The van der Waals surface area contributed by atoms with Crippen molar-refractivity contribution in [3.05, 3.63) is 63.6 Å². The van der Waals surface area contributed by atoms with Crippen molar-refractivity contribution in [3.8, 4) is 0 Å². The average molecular weight is 510 g/mol. The van der Waals surface area contributed by atoms with Crippen molar-refractivity contribution < 1.29 is 18.0 Å². The van der Waals surface area contributed by atoms with Crippen molar-refractivity contribution in [3.63, 3.8) is 0 Å². The molecule has 0 aliphatic rings. The molecular weight excluding hydrogens is 482 g/mol. The summed E-state index contributed by atoms with van der Waals surface area (Å²) >= 11 is 3.40. The van der Waals surface area contributed by atoms with Gasteiger partial charge in [0.2, 0.25) is 21.8 Å². The number of sulfonamides is 1. The summed E-state index contributed by atoms with van der Waals surface area (Å²) in [5.41, 5.74) is 3.10. The molecule has 0 saturated carbocycles. The van der Waals surface area contributed by atoms with Crippen LogP contribution in [0.4, 0.5) is 5.69 Å². The number of benzene rings is 2. The first-order chi connectivity index (χ1) is 14.5. The van der Waals surface area contributed by atoms with Crippen LogP contribution < -0.4 is 9.62 Å². The summed E-state index contributed by atoms with van der Waals surface area (Å²) in [5.74, 6) is -0.794. The van der Waals surface area contributed by atoms with Crippen molar-refractivity contribution in [2.45, 2.75) is 33.4 Å². The normalized spacial score (nSPS) is 12.2. The lowest BCUT2D eigenvalue weighted by molar-refractivity contribution is -0.139. The third-order valence-corrected chi connectivity index (χ3v) is 7.15. The number of carbonyl (C=O) groups excluding carboxylic acids is 2. The van der Waals surface area contributed by atoms with Gasteiger partial charge in [0.05, 0.1) is 11.9 Å². The van der Waals surface area contributed by atoms with Gasteiger partial charge in [-0.1, -0.05) is 40.2 Å². The molecule has 0 heterocycles. The van der Waals surface area contributed by atoms with Gasteiger partial charge in [0.1, 0.15) is 12.6 Å². The third-order valence-electron chi connectivity index (χ3n) is 5.12. The fourth-order valence-electron chi connectivity index (χ4n) is 3.16. The minimum atomic E-state index is -3.74. The highest BCUT2D eigenvalue weighted by atomic mass is 79.9. The molecule has 2 rings (SSSR count). The molecule has 0 radical (unpaired) electrons. The Morgan fingerprint density at radius 1 is 1.10 bits per heavy atom. The maximum atomic E-state index is 13.3. The lowest BCUT2D eigenvalue weighted by atomic mass is 10.1. The number of amides is 2. The van der Waals surface area contributed by atoms with Crippen molar-refractivity contribution in [1.29, 1.82) is 0 Å². The van der Waals surface area contributed by atoms with Gasteiger partial charge in [0.25, 0.3) is 0 Å². The molecule has 31 heavy (non-hydrogen) atoms. The van der Waals surface area contributed by atoms with Crippen LogP contribution in [-0.4, -0.2) is 51.0 Å². The maximum absolute atomic E-state index is 13.3. The zero-order chi connectivity index (χ0) is 23.3. The summed E-state index contributed by atoms with van der Waals surface area (Å²) in [6, 6.07) is 11.9. The number of likely N-dealkylation sites (N-methyl/N-ethyl adjacent to an activating group) is 1. The van der Waals surface area contributed by atoms with Crippen molar-refractivity contribution in [2.24, 2.45) is 0 Å². The molecule has 2 aromatic carbocycles. The van der Waals surface area contributed by atoms with E-state index < -0.39 is 28.5 Å². The van der Waals surface area contributed by atoms with E-state index in [1.54, 1.807) is 25.1 Å². The molecular formula is C22H28BrN3O4S.